The maximum Gasteiger partial charge on any atom is 0.305 e. The van der Waals surface area contributed by atoms with E-state index in [-0.39, 0.29) is 38.1 Å². The molecule has 1 aromatic rings. The molecule has 22 heteroatoms. The van der Waals surface area contributed by atoms with Crippen molar-refractivity contribution in [3.8, 4) is 0 Å². The highest BCUT2D eigenvalue weighted by atomic mass is 32.2. The first-order valence-corrected chi connectivity index (χ1v) is 22.9. The molecule has 1 saturated heterocycles. The van der Waals surface area contributed by atoms with E-state index in [1.54, 1.807) is 44.2 Å². The molecule has 14 N–H and O–H groups in total. The molecule has 8 atom stereocenters. The van der Waals surface area contributed by atoms with E-state index in [1.807, 2.05) is 20.1 Å². The van der Waals surface area contributed by atoms with E-state index >= 15 is 0 Å². The average Bonchev–Trinajstić information content (AvgIpc) is 3.59. The average molecular weight is 921 g/mol. The van der Waals surface area contributed by atoms with Gasteiger partial charge in [0.05, 0.1) is 19.1 Å². The van der Waals surface area contributed by atoms with Gasteiger partial charge in [0.2, 0.25) is 47.3 Å². The summed E-state index contributed by atoms with van der Waals surface area (Å²) in [5.74, 6) is -7.71. The van der Waals surface area contributed by atoms with Gasteiger partial charge < -0.3 is 64.2 Å². The highest BCUT2D eigenvalue weighted by Crippen LogP contribution is 2.21. The number of rotatable bonds is 29. The summed E-state index contributed by atoms with van der Waals surface area (Å²) < 4.78 is 0. The number of carboxylic acid groups (broad SMARTS) is 1. The predicted octanol–water partition coefficient (Wildman–Crippen LogP) is -2.40. The van der Waals surface area contributed by atoms with E-state index in [1.165, 1.54) is 16.7 Å². The highest BCUT2D eigenvalue weighted by molar-refractivity contribution is 7.98. The number of likely N-dealkylation sites (tertiary alicyclic amines) is 1. The summed E-state index contributed by atoms with van der Waals surface area (Å²) in [6, 6.07) is -1.51. The highest BCUT2D eigenvalue weighted by Gasteiger charge is 2.42. The molecule has 358 valence electrons. The fourth-order valence-corrected chi connectivity index (χ4v) is 7.38. The predicted molar refractivity (Wildman–Crippen MR) is 239 cm³/mol. The molecule has 1 aromatic carbocycles. The monoisotopic (exact) mass is 920 g/mol. The Hall–Kier alpha value is -5.32. The van der Waals surface area contributed by atoms with Crippen molar-refractivity contribution in [3.63, 3.8) is 0 Å². The van der Waals surface area contributed by atoms with E-state index < -0.39 is 121 Å². The second-order valence-electron chi connectivity index (χ2n) is 16.5. The number of nitrogens with two attached hydrogens (primary N) is 3. The minimum absolute atomic E-state index is 0.0214. The van der Waals surface area contributed by atoms with Crippen molar-refractivity contribution in [1.82, 2.24) is 36.8 Å². The van der Waals surface area contributed by atoms with Gasteiger partial charge in [0.1, 0.15) is 42.3 Å². The number of unbranched alkanes of at least 4 members (excludes halogenated alkanes) is 1. The number of carbonyl (C=O) groups is 9. The zero-order chi connectivity index (χ0) is 48.1. The largest absolute Gasteiger partial charge is 0.481 e. The zero-order valence-electron chi connectivity index (χ0n) is 37.3. The quantitative estimate of drug-likeness (QED) is 0.0374. The third-order valence-electron chi connectivity index (χ3n) is 10.5. The molecule has 1 heterocycles. The maximum atomic E-state index is 14.0. The van der Waals surface area contributed by atoms with E-state index in [0.29, 0.717) is 37.1 Å². The zero-order valence-corrected chi connectivity index (χ0v) is 38.1. The fourth-order valence-electron chi connectivity index (χ4n) is 6.91. The number of hydrogen-bond donors (Lipinski definition) is 11. The second kappa shape index (κ2) is 27.8. The Balaban J connectivity index is 2.26. The van der Waals surface area contributed by atoms with Crippen molar-refractivity contribution in [3.05, 3.63) is 35.9 Å². The number of aliphatic hydroxyl groups excluding tert-OH is 1. The first kappa shape index (κ1) is 54.8. The van der Waals surface area contributed by atoms with Crippen molar-refractivity contribution in [2.24, 2.45) is 29.0 Å². The lowest BCUT2D eigenvalue weighted by Gasteiger charge is -2.30. The van der Waals surface area contributed by atoms with Gasteiger partial charge in [0, 0.05) is 13.0 Å². The van der Waals surface area contributed by atoms with Crippen LogP contribution in [-0.2, 0) is 49.6 Å². The van der Waals surface area contributed by atoms with E-state index in [0.717, 1.165) is 0 Å². The normalized spacial score (nSPS) is 17.0. The maximum absolute atomic E-state index is 14.0. The Bertz CT molecular complexity index is 1750. The number of amides is 8. The topological polar surface area (TPSA) is 348 Å². The van der Waals surface area contributed by atoms with Gasteiger partial charge in [0.25, 0.3) is 0 Å². The third kappa shape index (κ3) is 18.0. The molecular weight excluding hydrogens is 853 g/mol. The molecule has 0 radical (unpaired) electrons. The van der Waals surface area contributed by atoms with Crippen molar-refractivity contribution in [2.45, 2.75) is 127 Å². The van der Waals surface area contributed by atoms with Crippen LogP contribution in [-0.4, -0.2) is 148 Å². The molecule has 0 aromatic heterocycles. The lowest BCUT2D eigenvalue weighted by molar-refractivity contribution is -0.141. The molecule has 0 unspecified atom stereocenters. The number of benzene rings is 1. The number of nitrogens with one attached hydrogen (secondary N) is 6. The van der Waals surface area contributed by atoms with Crippen LogP contribution < -0.4 is 49.1 Å². The van der Waals surface area contributed by atoms with E-state index in [4.69, 9.17) is 17.2 Å². The number of carbonyl (C=O) groups excluding carboxylic acids is 8. The Morgan fingerprint density at radius 2 is 1.39 bits per heavy atom. The second-order valence-corrected chi connectivity index (χ2v) is 17.5. The summed E-state index contributed by atoms with van der Waals surface area (Å²) in [5.41, 5.74) is 17.5. The van der Waals surface area contributed by atoms with Crippen molar-refractivity contribution in [1.29, 1.82) is 0 Å². The van der Waals surface area contributed by atoms with E-state index in [2.05, 4.69) is 31.9 Å². The summed E-state index contributed by atoms with van der Waals surface area (Å²) in [5, 5.41) is 34.7. The van der Waals surface area contributed by atoms with Gasteiger partial charge >= 0.3 is 5.97 Å². The van der Waals surface area contributed by atoms with Crippen LogP contribution in [0.4, 0.5) is 0 Å². The number of primary amides is 1. The summed E-state index contributed by atoms with van der Waals surface area (Å²) >= 11 is 1.48. The molecule has 0 aliphatic carbocycles. The van der Waals surface area contributed by atoms with Gasteiger partial charge in [0.15, 0.2) is 0 Å². The van der Waals surface area contributed by atoms with Crippen molar-refractivity contribution in [2.75, 3.05) is 31.7 Å². The van der Waals surface area contributed by atoms with Gasteiger partial charge in [-0.25, -0.2) is 0 Å². The fraction of sp³-hybridized carbons (Fsp3) is 0.643. The van der Waals surface area contributed by atoms with Crippen LogP contribution in [0.1, 0.15) is 78.2 Å². The van der Waals surface area contributed by atoms with Crippen LogP contribution in [0.2, 0.25) is 0 Å². The molecule has 0 saturated carbocycles. The first-order chi connectivity index (χ1) is 30.2. The summed E-state index contributed by atoms with van der Waals surface area (Å²) in [6.07, 6.45) is 2.91. The minimum atomic E-state index is -1.72. The summed E-state index contributed by atoms with van der Waals surface area (Å²) in [7, 11) is 0. The standard InChI is InChI=1S/C42H68N10O11S/c1-23(2)19-32(40(61)46-27(35(45)56)15-18-64-5)52-17-14-28(42(52)63)47-41(62)34(24(3)4)51-38(59)29(20-25-11-7-6-8-12-25)49-39(60)31(22-53)50-37(58)30(21-33(54)55)48-36(57)26(44)13-9-10-16-43/h6-8,11-12,23-24,26-32,34,53H,9-10,13-22,43-44H2,1-5H3,(H2,45,56)(H,46,61)(H,47,62)(H,48,57)(H,49,60)(H,50,58)(H,51,59)(H,54,55)/t26-,27-,28+,29-,30-,31-,32-,34-/m0/s1. The number of hydrogen-bond acceptors (Lipinski definition) is 13. The molecular formula is C42H68N10O11S. The smallest absolute Gasteiger partial charge is 0.305 e. The summed E-state index contributed by atoms with van der Waals surface area (Å²) in [6.45, 7) is 6.58. The van der Waals surface area contributed by atoms with Gasteiger partial charge in [-0.1, -0.05) is 64.4 Å². The Labute approximate surface area is 378 Å². The van der Waals surface area contributed by atoms with Crippen LogP contribution in [0, 0.1) is 11.8 Å². The van der Waals surface area contributed by atoms with Crippen molar-refractivity contribution >= 4 is 65.0 Å². The number of carboxylic acids is 1. The van der Waals surface area contributed by atoms with Crippen molar-refractivity contribution < 1.29 is 53.4 Å². The SMILES string of the molecule is CSCC[C@H](NC(=O)[C@H](CC(C)C)N1CC[C@@H](NC(=O)[C@@H](NC(=O)[C@H](Cc2ccccc2)NC(=O)[C@H](CO)NC(=O)[C@H](CC(=O)O)NC(=O)[C@@H](N)CCCCN)C(C)C)C1=O)C(N)=O. The molecule has 8 amide bonds. The van der Waals surface area contributed by atoms with Crippen LogP contribution in [0.5, 0.6) is 0 Å². The molecule has 64 heavy (non-hydrogen) atoms. The first-order valence-electron chi connectivity index (χ1n) is 21.5. The van der Waals surface area contributed by atoms with E-state index in [9.17, 15) is 53.4 Å². The van der Waals surface area contributed by atoms with Crippen LogP contribution in [0.25, 0.3) is 0 Å². The third-order valence-corrected chi connectivity index (χ3v) is 11.1. The molecule has 1 aliphatic heterocycles. The minimum Gasteiger partial charge on any atom is -0.481 e. The molecule has 21 nitrogen and oxygen atoms in total. The number of thioether (sulfide) groups is 1. The van der Waals surface area contributed by atoms with Crippen LogP contribution in [0.15, 0.2) is 30.3 Å². The van der Waals surface area contributed by atoms with Gasteiger partial charge in [-0.05, 0) is 68.1 Å². The molecule has 1 fully saturated rings. The number of aliphatic carboxylic acids is 1. The van der Waals surface area contributed by atoms with Crippen LogP contribution >= 0.6 is 11.8 Å². The lowest BCUT2D eigenvalue weighted by atomic mass is 10.00. The number of aliphatic hydroxyl groups is 1. The Morgan fingerprint density at radius 3 is 1.95 bits per heavy atom. The Morgan fingerprint density at radius 1 is 0.797 bits per heavy atom. The van der Waals surface area contributed by atoms with Gasteiger partial charge in [-0.2, -0.15) is 11.8 Å². The van der Waals surface area contributed by atoms with Gasteiger partial charge in [-0.3, -0.25) is 43.2 Å². The molecule has 2 rings (SSSR count). The lowest BCUT2D eigenvalue weighted by Crippen LogP contribution is -2.61. The summed E-state index contributed by atoms with van der Waals surface area (Å²) in [4.78, 5) is 120. The molecule has 0 spiro atoms. The van der Waals surface area contributed by atoms with Crippen LogP contribution in [0.3, 0.4) is 0 Å². The number of nitrogens with zero attached hydrogens (tertiary/aromatic N) is 1. The molecule has 0 bridgehead atoms. The molecule has 1 aliphatic rings. The van der Waals surface area contributed by atoms with Gasteiger partial charge in [-0.15, -0.1) is 0 Å². The Kier molecular flexibility index (Phi) is 23.8.